The lowest BCUT2D eigenvalue weighted by molar-refractivity contribution is -0.118. The summed E-state index contributed by atoms with van der Waals surface area (Å²) in [5.74, 6) is -0.302. The van der Waals surface area contributed by atoms with E-state index in [1.165, 1.54) is 4.90 Å². The van der Waals surface area contributed by atoms with Crippen molar-refractivity contribution in [3.63, 3.8) is 0 Å². The van der Waals surface area contributed by atoms with Crippen LogP contribution in [0.3, 0.4) is 0 Å². The van der Waals surface area contributed by atoms with Gasteiger partial charge in [-0.2, -0.15) is 0 Å². The molecule has 12 heavy (non-hydrogen) atoms. The van der Waals surface area contributed by atoms with Crippen molar-refractivity contribution in [2.24, 2.45) is 0 Å². The third-order valence-corrected chi connectivity index (χ3v) is 1.77. The van der Waals surface area contributed by atoms with Crippen LogP contribution in [0.4, 0.5) is 4.79 Å². The van der Waals surface area contributed by atoms with Crippen molar-refractivity contribution in [3.8, 4) is 0 Å². The number of nitrogens with zero attached hydrogens (tertiary/aromatic N) is 1. The fraction of sp³-hybridized carbons (Fsp3) is 0.714. The topological polar surface area (TPSA) is 69.6 Å². The Morgan fingerprint density at radius 2 is 2.33 bits per heavy atom. The number of urea groups is 1. The summed E-state index contributed by atoms with van der Waals surface area (Å²) in [6.45, 7) is 2.12. The predicted molar refractivity (Wildman–Crippen MR) is 41.4 cm³/mol. The Morgan fingerprint density at radius 3 is 2.75 bits per heavy atom. The third kappa shape index (κ3) is 1.94. The zero-order valence-corrected chi connectivity index (χ0v) is 6.91. The minimum Gasteiger partial charge on any atom is -0.391 e. The minimum absolute atomic E-state index is 0.0654. The van der Waals surface area contributed by atoms with E-state index in [9.17, 15) is 14.7 Å². The lowest BCUT2D eigenvalue weighted by Crippen LogP contribution is -2.34. The van der Waals surface area contributed by atoms with Crippen molar-refractivity contribution in [3.05, 3.63) is 0 Å². The van der Waals surface area contributed by atoms with Crippen LogP contribution in [0.1, 0.15) is 13.3 Å². The number of rotatable bonds is 3. The summed E-state index contributed by atoms with van der Waals surface area (Å²) in [7, 11) is 0. The van der Waals surface area contributed by atoms with E-state index in [4.69, 9.17) is 0 Å². The van der Waals surface area contributed by atoms with Gasteiger partial charge in [-0.05, 0) is 6.42 Å². The van der Waals surface area contributed by atoms with E-state index < -0.39 is 12.1 Å². The van der Waals surface area contributed by atoms with E-state index in [2.05, 4.69) is 5.32 Å². The molecular formula is C7H12N2O3. The molecular weight excluding hydrogens is 160 g/mol. The Kier molecular flexibility index (Phi) is 2.65. The van der Waals surface area contributed by atoms with E-state index in [1.807, 2.05) is 6.92 Å². The lowest BCUT2D eigenvalue weighted by Gasteiger charge is -2.16. The van der Waals surface area contributed by atoms with Crippen molar-refractivity contribution >= 4 is 11.9 Å². The molecule has 5 heteroatoms. The highest BCUT2D eigenvalue weighted by Crippen LogP contribution is 2.01. The van der Waals surface area contributed by atoms with Gasteiger partial charge in [-0.1, -0.05) is 6.92 Å². The molecule has 68 valence electrons. The van der Waals surface area contributed by atoms with E-state index in [-0.39, 0.29) is 19.0 Å². The molecule has 0 bridgehead atoms. The van der Waals surface area contributed by atoms with Gasteiger partial charge in [0.2, 0.25) is 5.91 Å². The molecule has 0 aromatic rings. The molecule has 1 atom stereocenters. The maximum atomic E-state index is 10.9. The first kappa shape index (κ1) is 8.99. The zero-order valence-electron chi connectivity index (χ0n) is 6.91. The predicted octanol–water partition coefficient (Wildman–Crippen LogP) is -0.691. The van der Waals surface area contributed by atoms with Gasteiger partial charge >= 0.3 is 6.03 Å². The third-order valence-electron chi connectivity index (χ3n) is 1.77. The molecule has 1 heterocycles. The van der Waals surface area contributed by atoms with Crippen LogP contribution < -0.4 is 5.32 Å². The Hall–Kier alpha value is -1.10. The number of carbonyl (C=O) groups is 2. The highest BCUT2D eigenvalue weighted by molar-refractivity contribution is 6.01. The van der Waals surface area contributed by atoms with Crippen LogP contribution in [0.5, 0.6) is 0 Å². The molecule has 0 aliphatic carbocycles. The largest absolute Gasteiger partial charge is 0.391 e. The van der Waals surface area contributed by atoms with Gasteiger partial charge in [-0.15, -0.1) is 0 Å². The zero-order chi connectivity index (χ0) is 9.14. The second-order valence-corrected chi connectivity index (χ2v) is 2.80. The van der Waals surface area contributed by atoms with Crippen LogP contribution in [0.2, 0.25) is 0 Å². The summed E-state index contributed by atoms with van der Waals surface area (Å²) in [5, 5.41) is 11.3. The Labute approximate surface area is 70.4 Å². The monoisotopic (exact) mass is 172 g/mol. The number of aliphatic hydroxyl groups excluding tert-OH is 1. The van der Waals surface area contributed by atoms with Gasteiger partial charge in [0.1, 0.15) is 6.54 Å². The van der Waals surface area contributed by atoms with E-state index in [0.29, 0.717) is 6.42 Å². The molecule has 3 amide bonds. The van der Waals surface area contributed by atoms with Crippen LogP contribution in [0, 0.1) is 0 Å². The molecule has 0 saturated carbocycles. The molecule has 0 radical (unpaired) electrons. The molecule has 1 aliphatic rings. The summed E-state index contributed by atoms with van der Waals surface area (Å²) in [4.78, 5) is 22.9. The van der Waals surface area contributed by atoms with Gasteiger partial charge in [0, 0.05) is 6.54 Å². The number of hydrogen-bond acceptors (Lipinski definition) is 3. The van der Waals surface area contributed by atoms with Crippen molar-refractivity contribution < 1.29 is 14.7 Å². The van der Waals surface area contributed by atoms with Crippen molar-refractivity contribution in [1.29, 1.82) is 0 Å². The Morgan fingerprint density at radius 1 is 1.67 bits per heavy atom. The number of β-amino-alcohol motifs (C(OH)–C–C–N with tert-alkyl or cyclic N) is 1. The number of hydrogen-bond donors (Lipinski definition) is 2. The Balaban J connectivity index is 2.43. The molecule has 1 aliphatic heterocycles. The summed E-state index contributed by atoms with van der Waals surface area (Å²) < 4.78 is 0. The van der Waals surface area contributed by atoms with Crippen LogP contribution in [0.15, 0.2) is 0 Å². The first-order valence-corrected chi connectivity index (χ1v) is 3.90. The maximum absolute atomic E-state index is 10.9. The minimum atomic E-state index is -0.540. The van der Waals surface area contributed by atoms with E-state index >= 15 is 0 Å². The molecule has 5 nitrogen and oxygen atoms in total. The first-order chi connectivity index (χ1) is 5.63. The maximum Gasteiger partial charge on any atom is 0.324 e. The van der Waals surface area contributed by atoms with Gasteiger partial charge in [0.15, 0.2) is 0 Å². The summed E-state index contributed by atoms with van der Waals surface area (Å²) in [6, 6.07) is -0.410. The summed E-state index contributed by atoms with van der Waals surface area (Å²) >= 11 is 0. The van der Waals surface area contributed by atoms with Gasteiger partial charge in [-0.25, -0.2) is 4.79 Å². The highest BCUT2D eigenvalue weighted by Gasteiger charge is 2.27. The van der Waals surface area contributed by atoms with Gasteiger partial charge in [-0.3, -0.25) is 10.1 Å². The second-order valence-electron chi connectivity index (χ2n) is 2.80. The summed E-state index contributed by atoms with van der Waals surface area (Å²) in [6.07, 6.45) is 0.0412. The molecule has 1 rings (SSSR count). The van der Waals surface area contributed by atoms with Crippen LogP contribution in [-0.2, 0) is 4.79 Å². The normalized spacial score (nSPS) is 19.7. The van der Waals surface area contributed by atoms with Gasteiger partial charge in [0.05, 0.1) is 6.10 Å². The molecule has 1 saturated heterocycles. The fourth-order valence-corrected chi connectivity index (χ4v) is 1.01. The lowest BCUT2D eigenvalue weighted by atomic mass is 10.2. The Bertz CT molecular complexity index is 205. The first-order valence-electron chi connectivity index (χ1n) is 3.90. The van der Waals surface area contributed by atoms with Crippen LogP contribution in [-0.4, -0.2) is 41.1 Å². The molecule has 0 aromatic heterocycles. The SMILES string of the molecule is CCC(O)CN1CC(=O)NC1=O. The molecule has 1 unspecified atom stereocenters. The van der Waals surface area contributed by atoms with Gasteiger partial charge in [0.25, 0.3) is 0 Å². The average molecular weight is 172 g/mol. The van der Waals surface area contributed by atoms with E-state index in [1.54, 1.807) is 0 Å². The highest BCUT2D eigenvalue weighted by atomic mass is 16.3. The number of aliphatic hydroxyl groups is 1. The quantitative estimate of drug-likeness (QED) is 0.553. The standard InChI is InChI=1S/C7H12N2O3/c1-2-5(10)3-9-4-6(11)8-7(9)12/h5,10H,2-4H2,1H3,(H,8,11,12). The van der Waals surface area contributed by atoms with Crippen LogP contribution >= 0.6 is 0 Å². The van der Waals surface area contributed by atoms with Crippen molar-refractivity contribution in [2.45, 2.75) is 19.4 Å². The number of carbonyl (C=O) groups excluding carboxylic acids is 2. The van der Waals surface area contributed by atoms with E-state index in [0.717, 1.165) is 0 Å². The van der Waals surface area contributed by atoms with Crippen molar-refractivity contribution in [2.75, 3.05) is 13.1 Å². The molecule has 2 N–H and O–H groups in total. The fourth-order valence-electron chi connectivity index (χ4n) is 1.01. The van der Waals surface area contributed by atoms with Crippen molar-refractivity contribution in [1.82, 2.24) is 10.2 Å². The molecule has 1 fully saturated rings. The number of imide groups is 1. The number of nitrogens with one attached hydrogen (secondary N) is 1. The number of amides is 3. The van der Waals surface area contributed by atoms with Gasteiger partial charge < -0.3 is 10.0 Å². The second kappa shape index (κ2) is 3.53. The molecule has 0 spiro atoms. The van der Waals surface area contributed by atoms with Crippen LogP contribution in [0.25, 0.3) is 0 Å². The smallest absolute Gasteiger partial charge is 0.324 e. The molecule has 0 aromatic carbocycles. The average Bonchev–Trinajstić information content (AvgIpc) is 2.30. The summed E-state index contributed by atoms with van der Waals surface area (Å²) in [5.41, 5.74) is 0.